The Hall–Kier alpha value is -1.18. The Morgan fingerprint density at radius 2 is 2.17 bits per heavy atom. The van der Waals surface area contributed by atoms with Crippen molar-refractivity contribution in [3.8, 4) is 0 Å². The van der Waals surface area contributed by atoms with Crippen LogP contribution in [0.4, 0.5) is 10.1 Å². The summed E-state index contributed by atoms with van der Waals surface area (Å²) in [5.41, 5.74) is 5.10. The molecule has 0 aliphatic carbocycles. The summed E-state index contributed by atoms with van der Waals surface area (Å²) in [6.07, 6.45) is 0.567. The van der Waals surface area contributed by atoms with Gasteiger partial charge in [-0.25, -0.2) is 17.5 Å². The van der Waals surface area contributed by atoms with Crippen LogP contribution in [0.1, 0.15) is 19.8 Å². The minimum atomic E-state index is -3.68. The number of nitrogen functional groups attached to an aromatic ring is 1. The Labute approximate surface area is 106 Å². The first-order valence-electron chi connectivity index (χ1n) is 5.55. The minimum Gasteiger partial charge on any atom is -0.396 e. The second kappa shape index (κ2) is 6.12. The van der Waals surface area contributed by atoms with Crippen molar-refractivity contribution >= 4 is 15.7 Å². The van der Waals surface area contributed by atoms with Gasteiger partial charge in [0.15, 0.2) is 0 Å². The topological polar surface area (TPSA) is 92.4 Å². The molecule has 0 bridgehead atoms. The van der Waals surface area contributed by atoms with Crippen molar-refractivity contribution in [2.75, 3.05) is 12.3 Å². The first-order valence-corrected chi connectivity index (χ1v) is 7.04. The third-order valence-corrected chi connectivity index (χ3v) is 3.83. The zero-order valence-corrected chi connectivity index (χ0v) is 10.9. The zero-order chi connectivity index (χ0) is 13.8. The van der Waals surface area contributed by atoms with Crippen molar-refractivity contribution in [1.82, 2.24) is 4.72 Å². The number of nitrogens with two attached hydrogens (primary N) is 1. The average molecular weight is 276 g/mol. The molecule has 1 unspecified atom stereocenters. The van der Waals surface area contributed by atoms with Gasteiger partial charge in [-0.2, -0.15) is 0 Å². The van der Waals surface area contributed by atoms with E-state index in [-0.39, 0.29) is 17.1 Å². The van der Waals surface area contributed by atoms with Crippen LogP contribution in [0.2, 0.25) is 0 Å². The summed E-state index contributed by atoms with van der Waals surface area (Å²) in [4.78, 5) is -0.0709. The molecule has 7 heteroatoms. The number of anilines is 1. The number of sulfonamides is 1. The van der Waals surface area contributed by atoms with E-state index < -0.39 is 21.9 Å². The Morgan fingerprint density at radius 1 is 1.50 bits per heavy atom. The van der Waals surface area contributed by atoms with E-state index >= 15 is 0 Å². The number of hydrogen-bond donors (Lipinski definition) is 3. The summed E-state index contributed by atoms with van der Waals surface area (Å²) in [6.45, 7) is 1.85. The predicted octanol–water partition coefficient (Wildman–Crippen LogP) is 0.847. The van der Waals surface area contributed by atoms with Gasteiger partial charge in [0, 0.05) is 6.54 Å². The van der Waals surface area contributed by atoms with Crippen molar-refractivity contribution < 1.29 is 17.9 Å². The number of nitrogens with one attached hydrogen (secondary N) is 1. The highest BCUT2D eigenvalue weighted by atomic mass is 32.2. The highest BCUT2D eigenvalue weighted by Gasteiger charge is 2.14. The zero-order valence-electron chi connectivity index (χ0n) is 10.1. The lowest BCUT2D eigenvalue weighted by Crippen LogP contribution is -2.25. The second-order valence-corrected chi connectivity index (χ2v) is 5.84. The SMILES string of the molecule is CC(O)CCCNS(=O)(=O)c1ccc(F)c(N)c1. The maximum atomic E-state index is 12.9. The van der Waals surface area contributed by atoms with Gasteiger partial charge in [-0.15, -0.1) is 0 Å². The van der Waals surface area contributed by atoms with Gasteiger partial charge < -0.3 is 10.8 Å². The van der Waals surface area contributed by atoms with Gasteiger partial charge in [0.2, 0.25) is 10.0 Å². The van der Waals surface area contributed by atoms with Crippen LogP contribution < -0.4 is 10.5 Å². The molecule has 0 fully saturated rings. The maximum absolute atomic E-state index is 12.9. The normalized spacial score (nSPS) is 13.5. The molecule has 1 rings (SSSR count). The number of rotatable bonds is 6. The van der Waals surface area contributed by atoms with Gasteiger partial charge in [-0.1, -0.05) is 0 Å². The van der Waals surface area contributed by atoms with E-state index in [9.17, 15) is 12.8 Å². The van der Waals surface area contributed by atoms with Crippen molar-refractivity contribution in [2.24, 2.45) is 0 Å². The third-order valence-electron chi connectivity index (χ3n) is 2.37. The standard InChI is InChI=1S/C11H17FN2O3S/c1-8(15)3-2-6-14-18(16,17)9-4-5-10(12)11(13)7-9/h4-5,7-8,14-15H,2-3,6,13H2,1H3. The fraction of sp³-hybridized carbons (Fsp3) is 0.455. The number of hydrogen-bond acceptors (Lipinski definition) is 4. The molecule has 0 aliphatic heterocycles. The van der Waals surface area contributed by atoms with Gasteiger partial charge in [0.1, 0.15) is 5.82 Å². The van der Waals surface area contributed by atoms with Gasteiger partial charge in [-0.05, 0) is 38.0 Å². The lowest BCUT2D eigenvalue weighted by molar-refractivity contribution is 0.182. The van der Waals surface area contributed by atoms with Crippen LogP contribution in [0.25, 0.3) is 0 Å². The highest BCUT2D eigenvalue weighted by Crippen LogP contribution is 2.16. The molecule has 0 amide bonds. The average Bonchev–Trinajstić information content (AvgIpc) is 2.28. The lowest BCUT2D eigenvalue weighted by Gasteiger charge is -2.08. The molecule has 1 aromatic carbocycles. The molecule has 0 radical (unpaired) electrons. The second-order valence-electron chi connectivity index (χ2n) is 4.07. The lowest BCUT2D eigenvalue weighted by atomic mass is 10.2. The number of halogens is 1. The Kier molecular flexibility index (Phi) is 5.06. The summed E-state index contributed by atoms with van der Waals surface area (Å²) < 4.78 is 38.9. The Morgan fingerprint density at radius 3 is 2.72 bits per heavy atom. The van der Waals surface area contributed by atoms with Crippen LogP contribution in [0, 0.1) is 5.82 Å². The number of aliphatic hydroxyl groups excluding tert-OH is 1. The van der Waals surface area contributed by atoms with E-state index in [2.05, 4.69) is 4.72 Å². The molecule has 0 saturated heterocycles. The Bertz CT molecular complexity index is 503. The van der Waals surface area contributed by atoms with E-state index in [1.165, 1.54) is 0 Å². The van der Waals surface area contributed by atoms with Crippen LogP contribution in [0.5, 0.6) is 0 Å². The fourth-order valence-electron chi connectivity index (χ4n) is 1.38. The number of aliphatic hydroxyl groups is 1. The van der Waals surface area contributed by atoms with E-state index in [1.54, 1.807) is 6.92 Å². The van der Waals surface area contributed by atoms with Crippen LogP contribution in [-0.2, 0) is 10.0 Å². The first-order chi connectivity index (χ1) is 8.33. The minimum absolute atomic E-state index is 0.0709. The quantitative estimate of drug-likeness (QED) is 0.530. The van der Waals surface area contributed by atoms with Crippen molar-refractivity contribution in [3.63, 3.8) is 0 Å². The van der Waals surface area contributed by atoms with Gasteiger partial charge in [-0.3, -0.25) is 0 Å². The predicted molar refractivity (Wildman–Crippen MR) is 66.9 cm³/mol. The van der Waals surface area contributed by atoms with Crippen molar-refractivity contribution in [1.29, 1.82) is 0 Å². The van der Waals surface area contributed by atoms with Crippen LogP contribution in [-0.4, -0.2) is 26.2 Å². The molecule has 0 aliphatic rings. The Balaban J connectivity index is 2.66. The first kappa shape index (κ1) is 14.9. The van der Waals surface area contributed by atoms with E-state index in [1.807, 2.05) is 0 Å². The maximum Gasteiger partial charge on any atom is 0.240 e. The van der Waals surface area contributed by atoms with Gasteiger partial charge in [0.25, 0.3) is 0 Å². The smallest absolute Gasteiger partial charge is 0.240 e. The van der Waals surface area contributed by atoms with E-state index in [4.69, 9.17) is 10.8 Å². The molecular weight excluding hydrogens is 259 g/mol. The van der Waals surface area contributed by atoms with Crippen molar-refractivity contribution in [3.05, 3.63) is 24.0 Å². The molecule has 18 heavy (non-hydrogen) atoms. The molecule has 0 saturated carbocycles. The van der Waals surface area contributed by atoms with Gasteiger partial charge in [0.05, 0.1) is 16.7 Å². The molecule has 1 atom stereocenters. The van der Waals surface area contributed by atoms with E-state index in [0.717, 1.165) is 18.2 Å². The summed E-state index contributed by atoms with van der Waals surface area (Å²) in [6, 6.07) is 3.24. The molecular formula is C11H17FN2O3S. The summed E-state index contributed by atoms with van der Waals surface area (Å²) in [5, 5.41) is 9.03. The van der Waals surface area contributed by atoms with Crippen molar-refractivity contribution in [2.45, 2.75) is 30.8 Å². The summed E-state index contributed by atoms with van der Waals surface area (Å²) >= 11 is 0. The summed E-state index contributed by atoms with van der Waals surface area (Å²) in [7, 11) is -3.68. The fourth-order valence-corrected chi connectivity index (χ4v) is 2.49. The largest absolute Gasteiger partial charge is 0.396 e. The molecule has 0 heterocycles. The molecule has 1 aromatic rings. The molecule has 4 N–H and O–H groups in total. The summed E-state index contributed by atoms with van der Waals surface area (Å²) in [5.74, 6) is -0.650. The van der Waals surface area contributed by atoms with Crippen LogP contribution in [0.15, 0.2) is 23.1 Å². The van der Waals surface area contributed by atoms with Crippen LogP contribution >= 0.6 is 0 Å². The highest BCUT2D eigenvalue weighted by molar-refractivity contribution is 7.89. The monoisotopic (exact) mass is 276 g/mol. The third kappa shape index (κ3) is 4.25. The van der Waals surface area contributed by atoms with Crippen LogP contribution in [0.3, 0.4) is 0 Å². The molecule has 0 aromatic heterocycles. The molecule has 0 spiro atoms. The van der Waals surface area contributed by atoms with E-state index in [0.29, 0.717) is 12.8 Å². The number of benzene rings is 1. The van der Waals surface area contributed by atoms with Gasteiger partial charge >= 0.3 is 0 Å². The molecule has 5 nitrogen and oxygen atoms in total. The molecule has 102 valence electrons.